The highest BCUT2D eigenvalue weighted by atomic mass is 19.1. The molecule has 0 spiro atoms. The first-order valence-electron chi connectivity index (χ1n) is 9.17. The Morgan fingerprint density at radius 1 is 1.27 bits per heavy atom. The van der Waals surface area contributed by atoms with E-state index in [2.05, 4.69) is 25.3 Å². The zero-order chi connectivity index (χ0) is 21.1. The maximum Gasteiger partial charge on any atom is 0.350 e. The van der Waals surface area contributed by atoms with Gasteiger partial charge in [0.2, 0.25) is 0 Å². The molecule has 0 saturated heterocycles. The molecule has 3 N–H and O–H groups in total. The van der Waals surface area contributed by atoms with Gasteiger partial charge in [-0.05, 0) is 30.2 Å². The highest BCUT2D eigenvalue weighted by Gasteiger charge is 2.12. The van der Waals surface area contributed by atoms with Crippen LogP contribution in [0.4, 0.5) is 4.39 Å². The van der Waals surface area contributed by atoms with Crippen molar-refractivity contribution in [2.45, 2.75) is 13.5 Å². The average Bonchev–Trinajstić information content (AvgIpc) is 3.43. The van der Waals surface area contributed by atoms with E-state index in [1.807, 2.05) is 37.3 Å². The first kappa shape index (κ1) is 19.4. The number of nitrogens with two attached hydrogens (primary N) is 1. The van der Waals surface area contributed by atoms with Gasteiger partial charge in [0.05, 0.1) is 30.5 Å². The number of halogens is 1. The molecule has 9 nitrogen and oxygen atoms in total. The van der Waals surface area contributed by atoms with E-state index in [4.69, 9.17) is 5.73 Å². The molecule has 4 rings (SSSR count). The summed E-state index contributed by atoms with van der Waals surface area (Å²) in [5.41, 5.74) is 9.29. The summed E-state index contributed by atoms with van der Waals surface area (Å²) in [6.45, 7) is 1.89. The molecule has 0 amide bonds. The molecule has 0 aliphatic carbocycles. The molecule has 10 heteroatoms. The lowest BCUT2D eigenvalue weighted by molar-refractivity contribution is 0.612. The van der Waals surface area contributed by atoms with Crippen LogP contribution < -0.4 is 11.4 Å². The first-order valence-corrected chi connectivity index (χ1v) is 9.17. The van der Waals surface area contributed by atoms with Crippen molar-refractivity contribution in [2.24, 2.45) is 5.73 Å². The second-order valence-electron chi connectivity index (χ2n) is 6.67. The number of rotatable bonds is 6. The molecule has 0 saturated carbocycles. The van der Waals surface area contributed by atoms with Crippen molar-refractivity contribution >= 4 is 0 Å². The van der Waals surface area contributed by atoms with Gasteiger partial charge in [0.15, 0.2) is 5.82 Å². The Morgan fingerprint density at radius 2 is 2.10 bits per heavy atom. The normalized spacial score (nSPS) is 11.8. The Labute approximate surface area is 170 Å². The minimum absolute atomic E-state index is 0.00257. The number of hydrogen-bond acceptors (Lipinski definition) is 6. The second kappa shape index (κ2) is 8.21. The van der Waals surface area contributed by atoms with E-state index in [1.165, 1.54) is 17.2 Å². The third-order valence-corrected chi connectivity index (χ3v) is 4.68. The molecule has 0 unspecified atom stereocenters. The van der Waals surface area contributed by atoms with Gasteiger partial charge >= 0.3 is 5.69 Å². The van der Waals surface area contributed by atoms with Crippen LogP contribution in [0.15, 0.2) is 65.9 Å². The number of nitrogens with zero attached hydrogens (tertiary/aromatic N) is 6. The van der Waals surface area contributed by atoms with Gasteiger partial charge in [0, 0.05) is 17.7 Å². The summed E-state index contributed by atoms with van der Waals surface area (Å²) in [7, 11) is 0. The van der Waals surface area contributed by atoms with Gasteiger partial charge in [0.25, 0.3) is 0 Å². The van der Waals surface area contributed by atoms with E-state index in [-0.39, 0.29) is 18.7 Å². The van der Waals surface area contributed by atoms with Crippen molar-refractivity contribution < 1.29 is 4.39 Å². The Morgan fingerprint density at radius 3 is 2.80 bits per heavy atom. The number of benzene rings is 1. The van der Waals surface area contributed by atoms with Crippen LogP contribution in [0.3, 0.4) is 0 Å². The maximum absolute atomic E-state index is 12.8. The first-order chi connectivity index (χ1) is 14.6. The predicted octanol–water partition coefficient (Wildman–Crippen LogP) is 2.00. The largest absolute Gasteiger partial charge is 0.350 e. The summed E-state index contributed by atoms with van der Waals surface area (Å²) in [6.07, 6.45) is 4.94. The predicted molar refractivity (Wildman–Crippen MR) is 109 cm³/mol. The molecule has 1 aromatic carbocycles. The SMILES string of the molecule is Cc1cc(-c2cccc(-c3nc[nH]n3)c2)ncc1-n1cnn(C/C(=C/F)CN)c1=O. The Kier molecular flexibility index (Phi) is 5.31. The van der Waals surface area contributed by atoms with E-state index >= 15 is 0 Å². The van der Waals surface area contributed by atoms with E-state index in [0.717, 1.165) is 27.1 Å². The van der Waals surface area contributed by atoms with Crippen LogP contribution in [0.25, 0.3) is 28.3 Å². The molecule has 4 aromatic rings. The van der Waals surface area contributed by atoms with Crippen LogP contribution in [-0.2, 0) is 6.54 Å². The number of aryl methyl sites for hydroxylation is 1. The summed E-state index contributed by atoms with van der Waals surface area (Å²) in [5, 5.41) is 10.8. The Bertz CT molecular complexity index is 1260. The minimum atomic E-state index is -0.396. The lowest BCUT2D eigenvalue weighted by Gasteiger charge is -2.08. The summed E-state index contributed by atoms with van der Waals surface area (Å²) >= 11 is 0. The molecule has 3 heterocycles. The van der Waals surface area contributed by atoms with E-state index in [1.54, 1.807) is 6.20 Å². The van der Waals surface area contributed by atoms with Gasteiger partial charge in [-0.3, -0.25) is 10.1 Å². The third-order valence-electron chi connectivity index (χ3n) is 4.68. The smallest absolute Gasteiger partial charge is 0.327 e. The van der Waals surface area contributed by atoms with Gasteiger partial charge in [-0.2, -0.15) is 10.2 Å². The average molecular weight is 406 g/mol. The van der Waals surface area contributed by atoms with Crippen molar-refractivity contribution in [1.29, 1.82) is 0 Å². The number of aromatic amines is 1. The number of H-pyrrole nitrogens is 1. The standard InChI is InChI=1S/C20H19FN8O/c1-13-5-17(15-3-2-4-16(6-15)19-24-11-25-27-19)23-9-18(13)28-12-26-29(20(28)30)10-14(7-21)8-22/h2-7,9,11-12H,8,10,22H2,1H3,(H,24,25,27)/b14-7+. The van der Waals surface area contributed by atoms with Gasteiger partial charge < -0.3 is 5.73 Å². The topological polar surface area (TPSA) is 120 Å². The number of aromatic nitrogens is 7. The molecule has 0 aliphatic rings. The van der Waals surface area contributed by atoms with Crippen LogP contribution in [0.2, 0.25) is 0 Å². The number of nitrogens with one attached hydrogen (secondary N) is 1. The van der Waals surface area contributed by atoms with Crippen molar-refractivity contribution in [3.8, 4) is 28.3 Å². The van der Waals surface area contributed by atoms with Crippen LogP contribution >= 0.6 is 0 Å². The highest BCUT2D eigenvalue weighted by molar-refractivity contribution is 5.68. The lowest BCUT2D eigenvalue weighted by atomic mass is 10.1. The van der Waals surface area contributed by atoms with E-state index < -0.39 is 5.69 Å². The van der Waals surface area contributed by atoms with Gasteiger partial charge in [-0.15, -0.1) is 0 Å². The molecular weight excluding hydrogens is 387 g/mol. The molecule has 0 radical (unpaired) electrons. The van der Waals surface area contributed by atoms with Gasteiger partial charge in [-0.1, -0.05) is 18.2 Å². The molecule has 0 bridgehead atoms. The fraction of sp³-hybridized carbons (Fsp3) is 0.150. The fourth-order valence-electron chi connectivity index (χ4n) is 3.07. The minimum Gasteiger partial charge on any atom is -0.327 e. The van der Waals surface area contributed by atoms with Gasteiger partial charge in [0.1, 0.15) is 12.7 Å². The maximum atomic E-state index is 12.8. The van der Waals surface area contributed by atoms with Crippen LogP contribution in [-0.4, -0.2) is 41.1 Å². The quantitative estimate of drug-likeness (QED) is 0.505. The number of hydrogen-bond donors (Lipinski definition) is 2. The molecule has 30 heavy (non-hydrogen) atoms. The summed E-state index contributed by atoms with van der Waals surface area (Å²) < 4.78 is 15.3. The second-order valence-corrected chi connectivity index (χ2v) is 6.67. The Hall–Kier alpha value is -3.92. The van der Waals surface area contributed by atoms with Crippen LogP contribution in [0, 0.1) is 6.92 Å². The molecule has 152 valence electrons. The van der Waals surface area contributed by atoms with Crippen LogP contribution in [0.1, 0.15) is 5.56 Å². The fourth-order valence-corrected chi connectivity index (χ4v) is 3.07. The lowest BCUT2D eigenvalue weighted by Crippen LogP contribution is -2.26. The summed E-state index contributed by atoms with van der Waals surface area (Å²) in [4.78, 5) is 21.3. The van der Waals surface area contributed by atoms with Crippen molar-refractivity contribution in [3.05, 3.63) is 77.1 Å². The zero-order valence-electron chi connectivity index (χ0n) is 16.2. The monoisotopic (exact) mass is 406 g/mol. The molecular formula is C20H19FN8O. The molecule has 0 atom stereocenters. The van der Waals surface area contributed by atoms with Crippen LogP contribution in [0.5, 0.6) is 0 Å². The summed E-state index contributed by atoms with van der Waals surface area (Å²) in [5.74, 6) is 0.600. The molecule has 0 aliphatic heterocycles. The number of pyridine rings is 1. The molecule has 0 fully saturated rings. The van der Waals surface area contributed by atoms with Crippen molar-refractivity contribution in [1.82, 2.24) is 34.5 Å². The highest BCUT2D eigenvalue weighted by Crippen LogP contribution is 2.25. The summed E-state index contributed by atoms with van der Waals surface area (Å²) in [6, 6.07) is 9.62. The van der Waals surface area contributed by atoms with Gasteiger partial charge in [-0.25, -0.2) is 23.4 Å². The van der Waals surface area contributed by atoms with E-state index in [9.17, 15) is 9.18 Å². The van der Waals surface area contributed by atoms with E-state index in [0.29, 0.717) is 17.8 Å². The zero-order valence-corrected chi connectivity index (χ0v) is 16.2. The molecule has 3 aromatic heterocycles. The van der Waals surface area contributed by atoms with Crippen molar-refractivity contribution in [3.63, 3.8) is 0 Å². The Balaban J connectivity index is 1.66. The van der Waals surface area contributed by atoms with Crippen molar-refractivity contribution in [2.75, 3.05) is 6.54 Å². The third kappa shape index (κ3) is 3.67.